The molecule has 0 aliphatic carbocycles. The van der Waals surface area contributed by atoms with Crippen LogP contribution >= 0.6 is 11.6 Å². The molecule has 2 aromatic heterocycles. The summed E-state index contributed by atoms with van der Waals surface area (Å²) in [6.45, 7) is 0.284. The first-order valence-corrected chi connectivity index (χ1v) is 7.49. The number of fused-ring (bicyclic) bond motifs is 1. The lowest BCUT2D eigenvalue weighted by Crippen LogP contribution is -2.43. The summed E-state index contributed by atoms with van der Waals surface area (Å²) >= 11 is 5.93. The van der Waals surface area contributed by atoms with Crippen LogP contribution in [0.5, 0.6) is 0 Å². The van der Waals surface area contributed by atoms with Gasteiger partial charge in [0.1, 0.15) is 0 Å². The van der Waals surface area contributed by atoms with Crippen LogP contribution in [-0.4, -0.2) is 36.5 Å². The van der Waals surface area contributed by atoms with E-state index < -0.39 is 23.1 Å². The number of rotatable bonds is 4. The molecule has 0 atom stereocenters. The number of ketones is 1. The van der Waals surface area contributed by atoms with Gasteiger partial charge in [-0.05, 0) is 24.6 Å². The molecule has 0 N–H and O–H groups in total. The Balaban J connectivity index is 2.10. The summed E-state index contributed by atoms with van der Waals surface area (Å²) in [6, 6.07) is 4.54. The predicted molar refractivity (Wildman–Crippen MR) is 81.9 cm³/mol. The van der Waals surface area contributed by atoms with E-state index in [2.05, 4.69) is 0 Å². The summed E-state index contributed by atoms with van der Waals surface area (Å²) < 4.78 is 16.3. The highest BCUT2D eigenvalue weighted by molar-refractivity contribution is 6.34. The van der Waals surface area contributed by atoms with Gasteiger partial charge in [-0.1, -0.05) is 11.6 Å². The SMILES string of the molecule is COC(=O)C1(C(=O)OC)CCn2c(C(=O)c3occc3Cl)ccc21. The zero-order chi connectivity index (χ0) is 17.5. The number of halogens is 1. The Morgan fingerprint density at radius 1 is 1.17 bits per heavy atom. The first-order valence-electron chi connectivity index (χ1n) is 7.12. The molecule has 3 rings (SSSR count). The Bertz CT molecular complexity index is 817. The van der Waals surface area contributed by atoms with Gasteiger partial charge >= 0.3 is 11.9 Å². The van der Waals surface area contributed by atoms with E-state index in [9.17, 15) is 14.4 Å². The number of methoxy groups -OCH3 is 2. The molecule has 0 saturated heterocycles. The monoisotopic (exact) mass is 351 g/mol. The Kier molecular flexibility index (Phi) is 3.96. The highest BCUT2D eigenvalue weighted by Gasteiger charge is 2.55. The second kappa shape index (κ2) is 5.83. The summed E-state index contributed by atoms with van der Waals surface area (Å²) in [5, 5.41) is 0.195. The van der Waals surface area contributed by atoms with Crippen LogP contribution in [0.4, 0.5) is 0 Å². The average Bonchev–Trinajstić information content (AvgIpc) is 3.28. The lowest BCUT2D eigenvalue weighted by atomic mass is 9.83. The number of nitrogens with zero attached hydrogens (tertiary/aromatic N) is 1. The number of carbonyl (C=O) groups is 3. The third kappa shape index (κ3) is 2.08. The summed E-state index contributed by atoms with van der Waals surface area (Å²) in [4.78, 5) is 37.2. The van der Waals surface area contributed by atoms with Crippen LogP contribution in [0.2, 0.25) is 5.02 Å². The molecule has 3 heterocycles. The van der Waals surface area contributed by atoms with Crippen LogP contribution < -0.4 is 0 Å². The van der Waals surface area contributed by atoms with Crippen molar-refractivity contribution in [1.29, 1.82) is 0 Å². The molecule has 0 fully saturated rings. The molecule has 0 radical (unpaired) electrons. The van der Waals surface area contributed by atoms with Gasteiger partial charge in [0.15, 0.2) is 5.76 Å². The van der Waals surface area contributed by atoms with E-state index >= 15 is 0 Å². The molecule has 0 saturated carbocycles. The van der Waals surface area contributed by atoms with Gasteiger partial charge in [0.2, 0.25) is 11.2 Å². The van der Waals surface area contributed by atoms with Crippen LogP contribution in [0.1, 0.15) is 28.4 Å². The van der Waals surface area contributed by atoms with Crippen LogP contribution in [0.15, 0.2) is 28.9 Å². The van der Waals surface area contributed by atoms with E-state index in [-0.39, 0.29) is 29.4 Å². The quantitative estimate of drug-likeness (QED) is 0.475. The number of hydrogen-bond acceptors (Lipinski definition) is 6. The minimum absolute atomic E-state index is 0.00574. The molecule has 0 unspecified atom stereocenters. The van der Waals surface area contributed by atoms with Crippen molar-refractivity contribution in [2.45, 2.75) is 18.4 Å². The van der Waals surface area contributed by atoms with Crippen molar-refractivity contribution in [2.75, 3.05) is 14.2 Å². The average molecular weight is 352 g/mol. The number of esters is 2. The Morgan fingerprint density at radius 3 is 2.38 bits per heavy atom. The summed E-state index contributed by atoms with van der Waals surface area (Å²) in [5.41, 5.74) is -0.946. The second-order valence-corrected chi connectivity index (χ2v) is 5.73. The van der Waals surface area contributed by atoms with Gasteiger partial charge in [-0.15, -0.1) is 0 Å². The van der Waals surface area contributed by atoms with E-state index in [1.54, 1.807) is 10.6 Å². The van der Waals surface area contributed by atoms with Crippen molar-refractivity contribution in [2.24, 2.45) is 0 Å². The first-order chi connectivity index (χ1) is 11.5. The van der Waals surface area contributed by atoms with E-state index in [0.717, 1.165) is 0 Å². The van der Waals surface area contributed by atoms with Crippen LogP contribution in [0.3, 0.4) is 0 Å². The van der Waals surface area contributed by atoms with Gasteiger partial charge in [-0.2, -0.15) is 0 Å². The Hall–Kier alpha value is -2.54. The van der Waals surface area contributed by atoms with Crippen LogP contribution in [0.25, 0.3) is 0 Å². The number of furan rings is 1. The first kappa shape index (κ1) is 16.3. The largest absolute Gasteiger partial charge is 0.468 e. The fourth-order valence-electron chi connectivity index (χ4n) is 3.10. The number of aromatic nitrogens is 1. The van der Waals surface area contributed by atoms with Crippen molar-refractivity contribution >= 4 is 29.3 Å². The summed E-state index contributed by atoms with van der Waals surface area (Å²) in [7, 11) is 2.40. The number of ether oxygens (including phenoxy) is 2. The van der Waals surface area contributed by atoms with E-state index in [1.807, 2.05) is 0 Å². The smallest absolute Gasteiger partial charge is 0.329 e. The minimum atomic E-state index is -1.57. The third-order valence-corrected chi connectivity index (χ3v) is 4.55. The van der Waals surface area contributed by atoms with Crippen molar-refractivity contribution in [3.05, 3.63) is 46.6 Å². The maximum absolute atomic E-state index is 12.6. The maximum Gasteiger partial charge on any atom is 0.329 e. The molecule has 1 aliphatic heterocycles. The van der Waals surface area contributed by atoms with Gasteiger partial charge in [0.25, 0.3) is 0 Å². The highest BCUT2D eigenvalue weighted by Crippen LogP contribution is 2.39. The lowest BCUT2D eigenvalue weighted by Gasteiger charge is -2.22. The molecule has 7 nitrogen and oxygen atoms in total. The maximum atomic E-state index is 12.6. The Labute approximate surface area is 142 Å². The van der Waals surface area contributed by atoms with Crippen molar-refractivity contribution in [3.63, 3.8) is 0 Å². The van der Waals surface area contributed by atoms with E-state index in [0.29, 0.717) is 5.69 Å². The van der Waals surface area contributed by atoms with Gasteiger partial charge in [-0.3, -0.25) is 14.4 Å². The van der Waals surface area contributed by atoms with Gasteiger partial charge < -0.3 is 18.5 Å². The van der Waals surface area contributed by atoms with E-state index in [4.69, 9.17) is 25.5 Å². The standard InChI is InChI=1S/C16H14ClNO6/c1-22-14(20)16(15(21)23-2)6-7-18-10(3-4-11(16)18)12(19)13-9(17)5-8-24-13/h3-5,8H,6-7H2,1-2H3. The van der Waals surface area contributed by atoms with Crippen LogP contribution in [0, 0.1) is 0 Å². The number of hydrogen-bond donors (Lipinski definition) is 0. The zero-order valence-corrected chi connectivity index (χ0v) is 13.8. The molecule has 2 aromatic rings. The number of carbonyl (C=O) groups excluding carboxylic acids is 3. The van der Waals surface area contributed by atoms with Crippen LogP contribution in [-0.2, 0) is 31.0 Å². The molecule has 0 amide bonds. The minimum Gasteiger partial charge on any atom is -0.468 e. The molecule has 8 heteroatoms. The molecule has 1 aliphatic rings. The Morgan fingerprint density at radius 2 is 1.83 bits per heavy atom. The fraction of sp³-hybridized carbons (Fsp3) is 0.312. The van der Waals surface area contributed by atoms with Crippen molar-refractivity contribution in [1.82, 2.24) is 4.57 Å². The van der Waals surface area contributed by atoms with Gasteiger partial charge in [0.05, 0.1) is 31.2 Å². The molecular formula is C16H14ClNO6. The topological polar surface area (TPSA) is 87.7 Å². The summed E-state index contributed by atoms with van der Waals surface area (Å²) in [6.07, 6.45) is 1.46. The van der Waals surface area contributed by atoms with Gasteiger partial charge in [-0.25, -0.2) is 0 Å². The normalized spacial score (nSPS) is 15.0. The third-order valence-electron chi connectivity index (χ3n) is 4.25. The van der Waals surface area contributed by atoms with Crippen molar-refractivity contribution < 1.29 is 28.3 Å². The predicted octanol–water partition coefficient (Wildman–Crippen LogP) is 1.95. The molecule has 0 aromatic carbocycles. The molecule has 126 valence electrons. The van der Waals surface area contributed by atoms with E-state index in [1.165, 1.54) is 32.6 Å². The molecule has 0 spiro atoms. The van der Waals surface area contributed by atoms with Gasteiger partial charge in [0, 0.05) is 12.2 Å². The zero-order valence-electron chi connectivity index (χ0n) is 13.0. The molecule has 0 bridgehead atoms. The molecular weight excluding hydrogens is 338 g/mol. The van der Waals surface area contributed by atoms with Crippen molar-refractivity contribution in [3.8, 4) is 0 Å². The fourth-order valence-corrected chi connectivity index (χ4v) is 3.29. The lowest BCUT2D eigenvalue weighted by molar-refractivity contribution is -0.161. The molecule has 24 heavy (non-hydrogen) atoms. The summed E-state index contributed by atoms with van der Waals surface area (Å²) in [5.74, 6) is -1.87. The second-order valence-electron chi connectivity index (χ2n) is 5.32. The highest BCUT2D eigenvalue weighted by atomic mass is 35.5.